The second-order valence-corrected chi connectivity index (χ2v) is 6.98. The van der Waals surface area contributed by atoms with Crippen LogP contribution in [0.5, 0.6) is 11.5 Å². The molecule has 0 aliphatic carbocycles. The minimum absolute atomic E-state index is 0.00655. The predicted octanol–water partition coefficient (Wildman–Crippen LogP) is 4.85. The number of rotatable bonds is 10. The van der Waals surface area contributed by atoms with Crippen LogP contribution in [0.15, 0.2) is 35.2 Å². The Hall–Kier alpha value is -2.63. The summed E-state index contributed by atoms with van der Waals surface area (Å²) >= 11 is 6.10. The first-order chi connectivity index (χ1) is 14.3. The second-order valence-electron chi connectivity index (χ2n) is 5.57. The van der Waals surface area contributed by atoms with E-state index in [0.717, 1.165) is 12.1 Å². The number of benzene rings is 2. The fraction of sp³-hybridized carbons (Fsp3) is 0.278. The Kier molecular flexibility index (Phi) is 8.63. The molecule has 162 valence electrons. The van der Waals surface area contributed by atoms with Crippen LogP contribution >= 0.6 is 23.4 Å². The van der Waals surface area contributed by atoms with Gasteiger partial charge in [-0.1, -0.05) is 29.4 Å². The maximum absolute atomic E-state index is 12.8. The normalized spacial score (nSPS) is 10.7. The lowest BCUT2D eigenvalue weighted by molar-refractivity contribution is -0.385. The van der Waals surface area contributed by atoms with Crippen molar-refractivity contribution in [1.82, 2.24) is 0 Å². The molecule has 0 heterocycles. The maximum Gasteiger partial charge on any atom is 0.289 e. The van der Waals surface area contributed by atoms with Crippen LogP contribution in [-0.2, 0) is 4.74 Å². The number of carbonyl (C=O) groups is 1. The first kappa shape index (κ1) is 23.6. The van der Waals surface area contributed by atoms with Crippen molar-refractivity contribution in [2.24, 2.45) is 0 Å². The number of ether oxygens (including phenoxy) is 3. The quantitative estimate of drug-likeness (QED) is 0.233. The van der Waals surface area contributed by atoms with E-state index in [1.807, 2.05) is 0 Å². The number of carbonyl (C=O) groups excluding carboxylic acids is 1. The van der Waals surface area contributed by atoms with Crippen molar-refractivity contribution in [3.8, 4) is 11.5 Å². The van der Waals surface area contributed by atoms with Crippen LogP contribution in [-0.4, -0.2) is 44.0 Å². The van der Waals surface area contributed by atoms with Crippen LogP contribution in [0, 0.1) is 10.1 Å². The summed E-state index contributed by atoms with van der Waals surface area (Å²) in [5, 5.41) is 13.9. The van der Waals surface area contributed by atoms with E-state index >= 15 is 0 Å². The van der Waals surface area contributed by atoms with Crippen molar-refractivity contribution >= 4 is 40.6 Å². The zero-order chi connectivity index (χ0) is 22.3. The molecular weight excluding hydrogens is 446 g/mol. The standard InChI is InChI=1S/C18H17ClF2N2O6S/c1-27-6-7-29-15-9-13(23(25)26)10(8-14(15)28-2)17(24)22-12-5-3-4-11(19)16(12)30-18(20)21/h3-5,8-9,18H,6-7H2,1-2H3,(H,22,24). The topological polar surface area (TPSA) is 99.9 Å². The SMILES string of the molecule is COCCOc1cc([N+](=O)[O-])c(C(=O)Nc2cccc(Cl)c2SC(F)F)cc1OC. The molecule has 8 nitrogen and oxygen atoms in total. The number of thioether (sulfide) groups is 1. The van der Waals surface area contributed by atoms with Gasteiger partial charge in [0, 0.05) is 13.2 Å². The Labute approximate surface area is 179 Å². The molecule has 30 heavy (non-hydrogen) atoms. The van der Waals surface area contributed by atoms with Crippen LogP contribution in [0.4, 0.5) is 20.2 Å². The molecule has 0 bridgehead atoms. The molecule has 2 aromatic rings. The van der Waals surface area contributed by atoms with Crippen molar-refractivity contribution in [2.75, 3.05) is 32.8 Å². The number of anilines is 1. The lowest BCUT2D eigenvalue weighted by Gasteiger charge is -2.14. The number of halogens is 3. The Morgan fingerprint density at radius 2 is 2.00 bits per heavy atom. The summed E-state index contributed by atoms with van der Waals surface area (Å²) in [6.45, 7) is 0.338. The number of hydrogen-bond donors (Lipinski definition) is 1. The van der Waals surface area contributed by atoms with Crippen molar-refractivity contribution in [2.45, 2.75) is 10.7 Å². The van der Waals surface area contributed by atoms with E-state index < -0.39 is 22.3 Å². The van der Waals surface area contributed by atoms with E-state index in [2.05, 4.69) is 5.32 Å². The Morgan fingerprint density at radius 3 is 2.60 bits per heavy atom. The molecule has 0 aromatic heterocycles. The monoisotopic (exact) mass is 462 g/mol. The summed E-state index contributed by atoms with van der Waals surface area (Å²) in [6, 6.07) is 6.39. The van der Waals surface area contributed by atoms with Gasteiger partial charge in [-0.3, -0.25) is 14.9 Å². The first-order valence-electron chi connectivity index (χ1n) is 8.31. The average Bonchev–Trinajstić information content (AvgIpc) is 2.70. The van der Waals surface area contributed by atoms with Crippen LogP contribution in [0.3, 0.4) is 0 Å². The highest BCUT2D eigenvalue weighted by molar-refractivity contribution is 7.99. The van der Waals surface area contributed by atoms with Crippen LogP contribution in [0.25, 0.3) is 0 Å². The molecule has 0 saturated heterocycles. The number of alkyl halides is 2. The Bertz CT molecular complexity index is 932. The average molecular weight is 463 g/mol. The van der Waals surface area contributed by atoms with E-state index in [9.17, 15) is 23.7 Å². The summed E-state index contributed by atoms with van der Waals surface area (Å²) < 4.78 is 41.1. The van der Waals surface area contributed by atoms with E-state index in [1.165, 1.54) is 32.4 Å². The molecule has 0 aliphatic heterocycles. The molecular formula is C18H17ClF2N2O6S. The van der Waals surface area contributed by atoms with Gasteiger partial charge in [0.1, 0.15) is 12.2 Å². The molecule has 0 radical (unpaired) electrons. The van der Waals surface area contributed by atoms with Crippen LogP contribution < -0.4 is 14.8 Å². The largest absolute Gasteiger partial charge is 0.493 e. The van der Waals surface area contributed by atoms with Gasteiger partial charge in [-0.25, -0.2) is 0 Å². The summed E-state index contributed by atoms with van der Waals surface area (Å²) in [4.78, 5) is 23.4. The van der Waals surface area contributed by atoms with Gasteiger partial charge in [-0.2, -0.15) is 8.78 Å². The minimum atomic E-state index is -2.78. The third-order valence-corrected chi connectivity index (χ3v) is 4.97. The number of amides is 1. The van der Waals surface area contributed by atoms with Crippen molar-refractivity contribution in [1.29, 1.82) is 0 Å². The summed E-state index contributed by atoms with van der Waals surface area (Å²) in [5.74, 6) is -3.55. The molecule has 0 unspecified atom stereocenters. The third-order valence-electron chi connectivity index (χ3n) is 3.69. The van der Waals surface area contributed by atoms with Crippen molar-refractivity contribution < 1.29 is 32.7 Å². The minimum Gasteiger partial charge on any atom is -0.493 e. The first-order valence-corrected chi connectivity index (χ1v) is 9.57. The van der Waals surface area contributed by atoms with E-state index in [-0.39, 0.29) is 57.6 Å². The van der Waals surface area contributed by atoms with E-state index in [4.69, 9.17) is 25.8 Å². The molecule has 12 heteroatoms. The van der Waals surface area contributed by atoms with Gasteiger partial charge in [0.2, 0.25) is 0 Å². The van der Waals surface area contributed by atoms with Crippen LogP contribution in [0.1, 0.15) is 10.4 Å². The van der Waals surface area contributed by atoms with Gasteiger partial charge < -0.3 is 19.5 Å². The lowest BCUT2D eigenvalue weighted by Crippen LogP contribution is -2.15. The van der Waals surface area contributed by atoms with Crippen LogP contribution in [0.2, 0.25) is 5.02 Å². The number of nitrogens with one attached hydrogen (secondary N) is 1. The molecule has 2 aromatic carbocycles. The highest BCUT2D eigenvalue weighted by Crippen LogP contribution is 2.39. The summed E-state index contributed by atoms with van der Waals surface area (Å²) in [5.41, 5.74) is -0.902. The smallest absolute Gasteiger partial charge is 0.289 e. The molecule has 2 rings (SSSR count). The lowest BCUT2D eigenvalue weighted by atomic mass is 10.1. The van der Waals surface area contributed by atoms with Crippen molar-refractivity contribution in [3.63, 3.8) is 0 Å². The van der Waals surface area contributed by atoms with Gasteiger partial charge in [0.25, 0.3) is 17.4 Å². The molecule has 1 N–H and O–H groups in total. The zero-order valence-electron chi connectivity index (χ0n) is 15.8. The van der Waals surface area contributed by atoms with Gasteiger partial charge in [0.05, 0.1) is 40.3 Å². The highest BCUT2D eigenvalue weighted by Gasteiger charge is 2.26. The Balaban J connectivity index is 2.42. The third kappa shape index (κ3) is 5.94. The highest BCUT2D eigenvalue weighted by atomic mass is 35.5. The van der Waals surface area contributed by atoms with E-state index in [1.54, 1.807) is 0 Å². The Morgan fingerprint density at radius 1 is 1.27 bits per heavy atom. The molecule has 0 atom stereocenters. The number of nitro groups is 1. The number of methoxy groups -OCH3 is 2. The van der Waals surface area contributed by atoms with Gasteiger partial charge in [0.15, 0.2) is 11.5 Å². The number of nitro benzene ring substituents is 1. The molecule has 0 saturated carbocycles. The molecule has 0 spiro atoms. The number of hydrogen-bond acceptors (Lipinski definition) is 7. The fourth-order valence-electron chi connectivity index (χ4n) is 2.40. The maximum atomic E-state index is 12.8. The fourth-order valence-corrected chi connectivity index (χ4v) is 3.31. The van der Waals surface area contributed by atoms with Crippen molar-refractivity contribution in [3.05, 3.63) is 51.0 Å². The molecule has 1 amide bonds. The molecule has 0 fully saturated rings. The van der Waals surface area contributed by atoms with Gasteiger partial charge in [-0.05, 0) is 12.1 Å². The van der Waals surface area contributed by atoms with E-state index in [0.29, 0.717) is 0 Å². The number of nitrogens with zero attached hydrogens (tertiary/aromatic N) is 1. The molecule has 0 aliphatic rings. The summed E-state index contributed by atoms with van der Waals surface area (Å²) in [7, 11) is 2.77. The van der Waals surface area contributed by atoms with Gasteiger partial charge >= 0.3 is 0 Å². The summed E-state index contributed by atoms with van der Waals surface area (Å²) in [6.07, 6.45) is 0. The predicted molar refractivity (Wildman–Crippen MR) is 108 cm³/mol. The second kappa shape index (κ2) is 11.0. The zero-order valence-corrected chi connectivity index (χ0v) is 17.4. The van der Waals surface area contributed by atoms with Gasteiger partial charge in [-0.15, -0.1) is 0 Å².